The molecule has 0 bridgehead atoms. The van der Waals surface area contributed by atoms with Crippen LogP contribution in [0.5, 0.6) is 0 Å². The summed E-state index contributed by atoms with van der Waals surface area (Å²) in [5, 5.41) is 5.67. The monoisotopic (exact) mass is 208 g/mol. The summed E-state index contributed by atoms with van der Waals surface area (Å²) in [5.41, 5.74) is 0.853. The first-order valence-electron chi connectivity index (χ1n) is 4.23. The van der Waals surface area contributed by atoms with Gasteiger partial charge in [0.05, 0.1) is 5.39 Å². The summed E-state index contributed by atoms with van der Waals surface area (Å²) in [6.45, 7) is 1.91. The van der Waals surface area contributed by atoms with E-state index in [-0.39, 0.29) is 5.56 Å². The molecular weight excluding hydrogens is 200 g/mol. The maximum Gasteiger partial charge on any atom is 0.274 e. The van der Waals surface area contributed by atoms with Crippen molar-refractivity contribution in [3.63, 3.8) is 0 Å². The first-order valence-corrected chi connectivity index (χ1v) is 4.61. The van der Waals surface area contributed by atoms with Gasteiger partial charge in [0.25, 0.3) is 5.56 Å². The molecule has 0 amide bonds. The van der Waals surface area contributed by atoms with Crippen LogP contribution in [0.1, 0.15) is 5.56 Å². The number of hydrogen-bond donors (Lipinski definition) is 0. The fourth-order valence-electron chi connectivity index (χ4n) is 1.52. The van der Waals surface area contributed by atoms with Gasteiger partial charge in [0, 0.05) is 12.4 Å². The third-order valence-corrected chi connectivity index (χ3v) is 2.51. The molecule has 4 heteroatoms. The van der Waals surface area contributed by atoms with Crippen molar-refractivity contribution in [3.05, 3.63) is 39.3 Å². The summed E-state index contributed by atoms with van der Waals surface area (Å²) >= 11 is 5.97. The van der Waals surface area contributed by atoms with E-state index in [0.29, 0.717) is 10.5 Å². The van der Waals surface area contributed by atoms with Crippen molar-refractivity contribution in [1.82, 2.24) is 9.78 Å². The van der Waals surface area contributed by atoms with Crippen molar-refractivity contribution in [3.8, 4) is 0 Å². The van der Waals surface area contributed by atoms with Crippen molar-refractivity contribution >= 4 is 22.4 Å². The van der Waals surface area contributed by atoms with E-state index in [2.05, 4.69) is 5.10 Å². The molecular formula is C10H9ClN2O. The topological polar surface area (TPSA) is 34.9 Å². The molecule has 0 aliphatic heterocycles. The second-order valence-corrected chi connectivity index (χ2v) is 3.58. The molecule has 2 aromatic rings. The number of nitrogens with zero attached hydrogens (tertiary/aromatic N) is 2. The average Bonchev–Trinajstić information content (AvgIpc) is 2.14. The van der Waals surface area contributed by atoms with Crippen LogP contribution >= 0.6 is 11.6 Å². The lowest BCUT2D eigenvalue weighted by Crippen LogP contribution is -2.19. The highest BCUT2D eigenvalue weighted by Crippen LogP contribution is 2.21. The van der Waals surface area contributed by atoms with Crippen molar-refractivity contribution in [2.24, 2.45) is 7.05 Å². The lowest BCUT2D eigenvalue weighted by molar-refractivity contribution is 0.718. The van der Waals surface area contributed by atoms with Crippen LogP contribution in [0.15, 0.2) is 23.0 Å². The van der Waals surface area contributed by atoms with Crippen LogP contribution in [0.4, 0.5) is 0 Å². The molecule has 1 aromatic heterocycles. The van der Waals surface area contributed by atoms with Gasteiger partial charge >= 0.3 is 0 Å². The predicted octanol–water partition coefficient (Wildman–Crippen LogP) is 1.90. The zero-order valence-electron chi connectivity index (χ0n) is 7.91. The Morgan fingerprint density at radius 1 is 1.43 bits per heavy atom. The van der Waals surface area contributed by atoms with Crippen LogP contribution in [0.3, 0.4) is 0 Å². The largest absolute Gasteiger partial charge is 0.274 e. The Morgan fingerprint density at radius 2 is 2.14 bits per heavy atom. The molecule has 0 aliphatic carbocycles. The summed E-state index contributed by atoms with van der Waals surface area (Å²) in [7, 11) is 1.59. The fourth-order valence-corrected chi connectivity index (χ4v) is 1.89. The Balaban J connectivity index is 3.10. The highest BCUT2D eigenvalue weighted by molar-refractivity contribution is 6.34. The molecule has 0 saturated carbocycles. The van der Waals surface area contributed by atoms with E-state index < -0.39 is 0 Å². The Bertz CT molecular complexity index is 560. The summed E-state index contributed by atoms with van der Waals surface area (Å²) in [5.74, 6) is 0. The van der Waals surface area contributed by atoms with Gasteiger partial charge in [-0.25, -0.2) is 4.68 Å². The van der Waals surface area contributed by atoms with E-state index >= 15 is 0 Å². The third-order valence-electron chi connectivity index (χ3n) is 2.24. The number of benzene rings is 1. The molecule has 0 unspecified atom stereocenters. The average molecular weight is 209 g/mol. The summed E-state index contributed by atoms with van der Waals surface area (Å²) < 4.78 is 1.25. The van der Waals surface area contributed by atoms with E-state index in [1.165, 1.54) is 4.68 Å². The lowest BCUT2D eigenvalue weighted by Gasteiger charge is -2.04. The van der Waals surface area contributed by atoms with Gasteiger partial charge in [-0.05, 0) is 18.6 Å². The normalized spacial score (nSPS) is 10.8. The highest BCUT2D eigenvalue weighted by atomic mass is 35.5. The van der Waals surface area contributed by atoms with Crippen LogP contribution in [0.25, 0.3) is 10.8 Å². The third kappa shape index (κ3) is 1.21. The molecule has 2 rings (SSSR count). The SMILES string of the molecule is Cc1cccc2c(=O)n(C)nc(Cl)c12. The number of aromatic nitrogens is 2. The Morgan fingerprint density at radius 3 is 2.86 bits per heavy atom. The maximum absolute atomic E-state index is 11.7. The Labute approximate surface area is 85.9 Å². The highest BCUT2D eigenvalue weighted by Gasteiger charge is 2.08. The smallest absolute Gasteiger partial charge is 0.267 e. The molecule has 0 aliphatic rings. The van der Waals surface area contributed by atoms with Crippen LogP contribution in [-0.4, -0.2) is 9.78 Å². The van der Waals surface area contributed by atoms with E-state index in [4.69, 9.17) is 11.6 Å². The quantitative estimate of drug-likeness (QED) is 0.663. The fraction of sp³-hybridized carbons (Fsp3) is 0.200. The maximum atomic E-state index is 11.7. The zero-order chi connectivity index (χ0) is 10.3. The van der Waals surface area contributed by atoms with Gasteiger partial charge in [-0.2, -0.15) is 5.10 Å². The molecule has 72 valence electrons. The molecule has 0 fully saturated rings. The Hall–Kier alpha value is -1.35. The summed E-state index contributed by atoms with van der Waals surface area (Å²) in [6, 6.07) is 5.52. The summed E-state index contributed by atoms with van der Waals surface area (Å²) in [6.07, 6.45) is 0. The first-order chi connectivity index (χ1) is 6.61. The number of aryl methyl sites for hydroxylation is 2. The van der Waals surface area contributed by atoms with Crippen molar-refractivity contribution in [2.75, 3.05) is 0 Å². The number of hydrogen-bond acceptors (Lipinski definition) is 2. The van der Waals surface area contributed by atoms with E-state index in [9.17, 15) is 4.79 Å². The minimum Gasteiger partial charge on any atom is -0.267 e. The first kappa shape index (κ1) is 9.21. The van der Waals surface area contributed by atoms with Crippen LogP contribution in [-0.2, 0) is 7.05 Å². The molecule has 0 atom stereocenters. The van der Waals surface area contributed by atoms with Gasteiger partial charge < -0.3 is 0 Å². The van der Waals surface area contributed by atoms with Crippen LogP contribution in [0, 0.1) is 6.92 Å². The zero-order valence-corrected chi connectivity index (χ0v) is 8.67. The number of fused-ring (bicyclic) bond motifs is 1. The van der Waals surface area contributed by atoms with Crippen molar-refractivity contribution in [2.45, 2.75) is 6.92 Å². The number of rotatable bonds is 0. The standard InChI is InChI=1S/C10H9ClN2O/c1-6-4-3-5-7-8(6)9(11)12-13(2)10(7)14/h3-5H,1-2H3. The predicted molar refractivity (Wildman–Crippen MR) is 56.7 cm³/mol. The molecule has 1 aromatic carbocycles. The molecule has 14 heavy (non-hydrogen) atoms. The molecule has 0 N–H and O–H groups in total. The number of halogens is 1. The Kier molecular flexibility index (Phi) is 2.04. The minimum absolute atomic E-state index is 0.117. The lowest BCUT2D eigenvalue weighted by atomic mass is 10.1. The molecule has 0 saturated heterocycles. The molecule has 0 radical (unpaired) electrons. The van der Waals surface area contributed by atoms with Gasteiger partial charge in [-0.15, -0.1) is 0 Å². The molecule has 1 heterocycles. The molecule has 0 spiro atoms. The van der Waals surface area contributed by atoms with Gasteiger partial charge in [0.15, 0.2) is 5.15 Å². The van der Waals surface area contributed by atoms with Crippen LogP contribution < -0.4 is 5.56 Å². The van der Waals surface area contributed by atoms with Gasteiger partial charge in [-0.1, -0.05) is 23.7 Å². The summed E-state index contributed by atoms with van der Waals surface area (Å²) in [4.78, 5) is 11.7. The van der Waals surface area contributed by atoms with Gasteiger partial charge in [0.2, 0.25) is 0 Å². The minimum atomic E-state index is -0.117. The van der Waals surface area contributed by atoms with E-state index in [0.717, 1.165) is 10.9 Å². The van der Waals surface area contributed by atoms with Crippen molar-refractivity contribution < 1.29 is 0 Å². The van der Waals surface area contributed by atoms with E-state index in [1.54, 1.807) is 13.1 Å². The van der Waals surface area contributed by atoms with E-state index in [1.807, 2.05) is 19.1 Å². The second-order valence-electron chi connectivity index (χ2n) is 3.22. The van der Waals surface area contributed by atoms with Crippen molar-refractivity contribution in [1.29, 1.82) is 0 Å². The van der Waals surface area contributed by atoms with Gasteiger partial charge in [-0.3, -0.25) is 4.79 Å². The van der Waals surface area contributed by atoms with Gasteiger partial charge in [0.1, 0.15) is 0 Å². The van der Waals surface area contributed by atoms with Crippen LogP contribution in [0.2, 0.25) is 5.15 Å². The molecule has 3 nitrogen and oxygen atoms in total. The second kappa shape index (κ2) is 3.10.